The second-order valence-electron chi connectivity index (χ2n) is 7.96. The second kappa shape index (κ2) is 12.6. The maximum absolute atomic E-state index is 4.39. The third-order valence-corrected chi connectivity index (χ3v) is 7.10. The first kappa shape index (κ1) is 25.1. The SMILES string of the molecule is C=C(c1ccc(C/C=C\C(=C/CC)C2NCCS2)cc1)C(C)C(C(=C)NC)C(=C)NC. The van der Waals surface area contributed by atoms with Crippen LogP contribution in [0.3, 0.4) is 0 Å². The molecule has 4 heteroatoms. The summed E-state index contributed by atoms with van der Waals surface area (Å²) in [5.74, 6) is 1.45. The van der Waals surface area contributed by atoms with Crippen LogP contribution in [0.5, 0.6) is 0 Å². The summed E-state index contributed by atoms with van der Waals surface area (Å²) < 4.78 is 0. The molecule has 0 saturated carbocycles. The van der Waals surface area contributed by atoms with Crippen LogP contribution in [0.15, 0.2) is 79.2 Å². The molecule has 1 aromatic rings. The first-order valence-corrected chi connectivity index (χ1v) is 12.2. The Bertz CT molecular complexity index is 797. The van der Waals surface area contributed by atoms with E-state index in [0.29, 0.717) is 5.37 Å². The lowest BCUT2D eigenvalue weighted by Gasteiger charge is -2.29. The molecule has 0 amide bonds. The largest absolute Gasteiger partial charge is 0.391 e. The molecule has 0 aromatic heterocycles. The van der Waals surface area contributed by atoms with Gasteiger partial charge in [0.15, 0.2) is 0 Å². The van der Waals surface area contributed by atoms with Crippen LogP contribution in [0.4, 0.5) is 0 Å². The van der Waals surface area contributed by atoms with E-state index in [0.717, 1.165) is 41.9 Å². The van der Waals surface area contributed by atoms with Crippen molar-refractivity contribution in [1.29, 1.82) is 0 Å². The molecule has 1 heterocycles. The van der Waals surface area contributed by atoms with Crippen molar-refractivity contribution in [2.45, 2.75) is 32.1 Å². The van der Waals surface area contributed by atoms with Gasteiger partial charge >= 0.3 is 0 Å². The number of rotatable bonds is 12. The average molecular weight is 438 g/mol. The zero-order chi connectivity index (χ0) is 22.8. The minimum atomic E-state index is 0.0796. The molecule has 1 aliphatic rings. The fraction of sp³-hybridized carbons (Fsp3) is 0.407. The molecule has 0 radical (unpaired) electrons. The summed E-state index contributed by atoms with van der Waals surface area (Å²) in [5, 5.41) is 10.4. The predicted octanol–water partition coefficient (Wildman–Crippen LogP) is 5.52. The molecule has 0 aliphatic carbocycles. The van der Waals surface area contributed by atoms with Gasteiger partial charge in [-0.2, -0.15) is 0 Å². The molecular weight excluding hydrogens is 398 g/mol. The van der Waals surface area contributed by atoms with Crippen LogP contribution < -0.4 is 16.0 Å². The average Bonchev–Trinajstić information content (AvgIpc) is 3.33. The molecule has 31 heavy (non-hydrogen) atoms. The third kappa shape index (κ3) is 6.91. The zero-order valence-corrected chi connectivity index (χ0v) is 20.4. The van der Waals surface area contributed by atoms with Crippen molar-refractivity contribution < 1.29 is 0 Å². The molecule has 1 aromatic carbocycles. The Balaban J connectivity index is 2.04. The van der Waals surface area contributed by atoms with E-state index >= 15 is 0 Å². The summed E-state index contributed by atoms with van der Waals surface area (Å²) in [4.78, 5) is 0. The van der Waals surface area contributed by atoms with Crippen molar-refractivity contribution in [2.24, 2.45) is 11.8 Å². The molecular formula is C27H39N3S. The molecule has 1 aliphatic heterocycles. The lowest BCUT2D eigenvalue weighted by molar-refractivity contribution is 0.521. The minimum absolute atomic E-state index is 0.0796. The van der Waals surface area contributed by atoms with Crippen LogP contribution in [-0.2, 0) is 6.42 Å². The summed E-state index contributed by atoms with van der Waals surface area (Å²) in [7, 11) is 3.80. The molecule has 168 valence electrons. The molecule has 1 fully saturated rings. The topological polar surface area (TPSA) is 36.1 Å². The fourth-order valence-electron chi connectivity index (χ4n) is 3.91. The number of hydrogen-bond acceptors (Lipinski definition) is 4. The summed E-state index contributed by atoms with van der Waals surface area (Å²) in [5.41, 5.74) is 6.85. The third-order valence-electron chi connectivity index (χ3n) is 5.89. The standard InChI is InChI=1S/C27H39N3S/c1-8-10-25(27-30-17-18-31-27)12-9-11-23-13-15-24(16-14-23)19(2)20(3)26(21(4)28-6)22(5)29-7/h9-10,12-16,20,26-30H,2,4-5,8,11,17-18H2,1,3,6-7H3/b12-9-,25-10+. The smallest absolute Gasteiger partial charge is 0.0786 e. The highest BCUT2D eigenvalue weighted by molar-refractivity contribution is 8.00. The van der Waals surface area contributed by atoms with Gasteiger partial charge in [0.2, 0.25) is 0 Å². The minimum Gasteiger partial charge on any atom is -0.391 e. The second-order valence-corrected chi connectivity index (χ2v) is 9.18. The van der Waals surface area contributed by atoms with Gasteiger partial charge in [-0.15, -0.1) is 11.8 Å². The van der Waals surface area contributed by atoms with Crippen LogP contribution in [-0.4, -0.2) is 31.8 Å². The first-order valence-electron chi connectivity index (χ1n) is 11.2. The van der Waals surface area contributed by atoms with Gasteiger partial charge in [-0.05, 0) is 41.0 Å². The van der Waals surface area contributed by atoms with Crippen LogP contribution in [0.1, 0.15) is 31.4 Å². The van der Waals surface area contributed by atoms with E-state index in [4.69, 9.17) is 0 Å². The van der Waals surface area contributed by atoms with Gasteiger partial charge in [-0.1, -0.05) is 76.1 Å². The maximum atomic E-state index is 4.39. The highest BCUT2D eigenvalue weighted by atomic mass is 32.2. The fourth-order valence-corrected chi connectivity index (χ4v) is 4.99. The Labute approximate surface area is 193 Å². The van der Waals surface area contributed by atoms with E-state index < -0.39 is 0 Å². The van der Waals surface area contributed by atoms with E-state index in [-0.39, 0.29) is 11.8 Å². The molecule has 3 nitrogen and oxygen atoms in total. The lowest BCUT2D eigenvalue weighted by Crippen LogP contribution is -2.28. The van der Waals surface area contributed by atoms with E-state index in [1.54, 1.807) is 0 Å². The quantitative estimate of drug-likeness (QED) is 0.377. The lowest BCUT2D eigenvalue weighted by atomic mass is 9.81. The summed E-state index contributed by atoms with van der Waals surface area (Å²) >= 11 is 1.99. The number of allylic oxidation sites excluding steroid dienone is 3. The molecule has 2 unspecified atom stereocenters. The van der Waals surface area contributed by atoms with Crippen molar-refractivity contribution in [1.82, 2.24) is 16.0 Å². The van der Waals surface area contributed by atoms with Gasteiger partial charge in [0.25, 0.3) is 0 Å². The van der Waals surface area contributed by atoms with Crippen molar-refractivity contribution in [2.75, 3.05) is 26.4 Å². The summed E-state index contributed by atoms with van der Waals surface area (Å²) in [6.07, 6.45) is 8.88. The van der Waals surface area contributed by atoms with E-state index in [9.17, 15) is 0 Å². The summed E-state index contributed by atoms with van der Waals surface area (Å²) in [6, 6.07) is 8.78. The van der Waals surface area contributed by atoms with Gasteiger partial charge in [0.1, 0.15) is 0 Å². The monoisotopic (exact) mass is 437 g/mol. The van der Waals surface area contributed by atoms with Crippen molar-refractivity contribution in [3.05, 3.63) is 90.3 Å². The molecule has 0 spiro atoms. The first-order chi connectivity index (χ1) is 14.9. The van der Waals surface area contributed by atoms with Gasteiger partial charge in [-0.25, -0.2) is 0 Å². The van der Waals surface area contributed by atoms with Crippen LogP contribution in [0.25, 0.3) is 5.57 Å². The zero-order valence-electron chi connectivity index (χ0n) is 19.6. The van der Waals surface area contributed by atoms with Crippen LogP contribution in [0, 0.1) is 11.8 Å². The summed E-state index contributed by atoms with van der Waals surface area (Å²) in [6.45, 7) is 18.2. The Morgan fingerprint density at radius 3 is 2.32 bits per heavy atom. The van der Waals surface area contributed by atoms with E-state index in [1.807, 2.05) is 25.9 Å². The Hall–Kier alpha value is -2.17. The normalized spacial score (nSPS) is 17.7. The number of benzene rings is 1. The Morgan fingerprint density at radius 1 is 1.16 bits per heavy atom. The van der Waals surface area contributed by atoms with Crippen molar-refractivity contribution >= 4 is 17.3 Å². The molecule has 2 rings (SSSR count). The van der Waals surface area contributed by atoms with Gasteiger partial charge in [0.05, 0.1) is 5.37 Å². The Kier molecular flexibility index (Phi) is 10.2. The predicted molar refractivity (Wildman–Crippen MR) is 140 cm³/mol. The van der Waals surface area contributed by atoms with Gasteiger partial charge in [0, 0.05) is 43.7 Å². The number of hydrogen-bond donors (Lipinski definition) is 3. The number of nitrogens with one attached hydrogen (secondary N) is 3. The van der Waals surface area contributed by atoms with Gasteiger partial charge in [-0.3, -0.25) is 0 Å². The molecule has 3 N–H and O–H groups in total. The number of thioether (sulfide) groups is 1. The molecule has 2 atom stereocenters. The van der Waals surface area contributed by atoms with Crippen LogP contribution >= 0.6 is 11.8 Å². The van der Waals surface area contributed by atoms with Crippen molar-refractivity contribution in [3.63, 3.8) is 0 Å². The van der Waals surface area contributed by atoms with E-state index in [1.165, 1.54) is 16.9 Å². The Morgan fingerprint density at radius 2 is 1.81 bits per heavy atom. The van der Waals surface area contributed by atoms with Gasteiger partial charge < -0.3 is 16.0 Å². The molecule has 1 saturated heterocycles. The maximum Gasteiger partial charge on any atom is 0.0786 e. The van der Waals surface area contributed by atoms with E-state index in [2.05, 4.69) is 92.0 Å². The van der Waals surface area contributed by atoms with Crippen molar-refractivity contribution in [3.8, 4) is 0 Å². The highest BCUT2D eigenvalue weighted by Gasteiger charge is 2.25. The van der Waals surface area contributed by atoms with Crippen LogP contribution in [0.2, 0.25) is 0 Å². The molecule has 0 bridgehead atoms. The highest BCUT2D eigenvalue weighted by Crippen LogP contribution is 2.33.